The first-order chi connectivity index (χ1) is 14.6. The van der Waals surface area contributed by atoms with Crippen molar-refractivity contribution in [2.24, 2.45) is 0 Å². The summed E-state index contributed by atoms with van der Waals surface area (Å²) in [5.74, 6) is 0.825. The van der Waals surface area contributed by atoms with Gasteiger partial charge in [-0.3, -0.25) is 9.69 Å². The number of hydrogen-bond acceptors (Lipinski definition) is 5. The number of carbonyl (C=O) groups excluding carboxylic acids is 1. The molecule has 0 radical (unpaired) electrons. The molecule has 0 fully saturated rings. The number of imidazole rings is 1. The summed E-state index contributed by atoms with van der Waals surface area (Å²) in [6, 6.07) is 13.8. The van der Waals surface area contributed by atoms with Crippen LogP contribution < -0.4 is 9.64 Å². The van der Waals surface area contributed by atoms with Crippen molar-refractivity contribution in [1.82, 2.24) is 14.5 Å². The molecule has 0 saturated carbocycles. The van der Waals surface area contributed by atoms with Crippen molar-refractivity contribution in [1.29, 1.82) is 0 Å². The highest BCUT2D eigenvalue weighted by Crippen LogP contribution is 2.30. The average molecular weight is 457 g/mol. The fourth-order valence-electron chi connectivity index (χ4n) is 3.31. The zero-order valence-electron chi connectivity index (χ0n) is 17.5. The van der Waals surface area contributed by atoms with Crippen molar-refractivity contribution in [2.75, 3.05) is 18.6 Å². The summed E-state index contributed by atoms with van der Waals surface area (Å²) in [6.07, 6.45) is 6.64. The van der Waals surface area contributed by atoms with Crippen LogP contribution in [0.25, 0.3) is 10.2 Å². The summed E-state index contributed by atoms with van der Waals surface area (Å²) in [7, 11) is 1.64. The summed E-state index contributed by atoms with van der Waals surface area (Å²) in [6.45, 7) is 3.47. The lowest BCUT2D eigenvalue weighted by Gasteiger charge is -2.20. The van der Waals surface area contributed by atoms with E-state index < -0.39 is 0 Å². The van der Waals surface area contributed by atoms with Gasteiger partial charge >= 0.3 is 0 Å². The number of anilines is 1. The van der Waals surface area contributed by atoms with Gasteiger partial charge in [0.2, 0.25) is 5.91 Å². The van der Waals surface area contributed by atoms with Crippen molar-refractivity contribution >= 4 is 45.0 Å². The standard InChI is InChI=1S/C23H24N4O2S.ClH/c1-17-4-9-20-21(14-17)30-23(25-20)27(12-3-11-26-13-10-24-16-26)22(28)15-18-5-7-19(29-2)8-6-18;/h4-10,13-14,16H,3,11-12,15H2,1-2H3;1H. The van der Waals surface area contributed by atoms with Crippen LogP contribution in [-0.4, -0.2) is 34.1 Å². The van der Waals surface area contributed by atoms with E-state index in [9.17, 15) is 4.79 Å². The van der Waals surface area contributed by atoms with Crippen LogP contribution in [0.15, 0.2) is 61.2 Å². The molecule has 2 heterocycles. The number of nitrogens with zero attached hydrogens (tertiary/aromatic N) is 4. The number of aromatic nitrogens is 3. The van der Waals surface area contributed by atoms with Gasteiger partial charge in [-0.05, 0) is 48.7 Å². The minimum Gasteiger partial charge on any atom is -0.497 e. The lowest BCUT2D eigenvalue weighted by atomic mass is 10.1. The Balaban J connectivity index is 0.00000272. The first-order valence-electron chi connectivity index (χ1n) is 9.88. The Kier molecular flexibility index (Phi) is 7.65. The average Bonchev–Trinajstić information content (AvgIpc) is 3.41. The quantitative estimate of drug-likeness (QED) is 0.378. The molecule has 31 heavy (non-hydrogen) atoms. The van der Waals surface area contributed by atoms with E-state index >= 15 is 0 Å². The van der Waals surface area contributed by atoms with Gasteiger partial charge in [-0.25, -0.2) is 9.97 Å². The minimum absolute atomic E-state index is 0. The maximum absolute atomic E-state index is 13.2. The number of aryl methyl sites for hydroxylation is 2. The monoisotopic (exact) mass is 456 g/mol. The molecule has 1 amide bonds. The summed E-state index contributed by atoms with van der Waals surface area (Å²) in [5.41, 5.74) is 3.07. The first-order valence-corrected chi connectivity index (χ1v) is 10.7. The highest BCUT2D eigenvalue weighted by Gasteiger charge is 2.20. The van der Waals surface area contributed by atoms with E-state index in [-0.39, 0.29) is 18.3 Å². The van der Waals surface area contributed by atoms with Gasteiger partial charge < -0.3 is 9.30 Å². The maximum Gasteiger partial charge on any atom is 0.233 e. The Morgan fingerprint density at radius 2 is 2.00 bits per heavy atom. The molecule has 0 aliphatic rings. The highest BCUT2D eigenvalue weighted by molar-refractivity contribution is 7.22. The molecule has 2 aromatic carbocycles. The molecular weight excluding hydrogens is 432 g/mol. The Morgan fingerprint density at radius 1 is 1.19 bits per heavy atom. The number of benzene rings is 2. The van der Waals surface area contributed by atoms with Crippen LogP contribution in [-0.2, 0) is 17.8 Å². The molecule has 8 heteroatoms. The molecule has 6 nitrogen and oxygen atoms in total. The van der Waals surface area contributed by atoms with Crippen LogP contribution in [0.3, 0.4) is 0 Å². The fourth-order valence-corrected chi connectivity index (χ4v) is 4.41. The largest absolute Gasteiger partial charge is 0.497 e. The van der Waals surface area contributed by atoms with Gasteiger partial charge in [-0.1, -0.05) is 29.5 Å². The third-order valence-electron chi connectivity index (χ3n) is 4.94. The van der Waals surface area contributed by atoms with Crippen molar-refractivity contribution in [3.05, 3.63) is 72.3 Å². The zero-order chi connectivity index (χ0) is 20.9. The molecular formula is C23H25ClN4O2S. The second-order valence-corrected chi connectivity index (χ2v) is 8.20. The predicted octanol–water partition coefficient (Wildman–Crippen LogP) is 4.90. The maximum atomic E-state index is 13.2. The van der Waals surface area contributed by atoms with Crippen LogP contribution in [0.1, 0.15) is 17.5 Å². The summed E-state index contributed by atoms with van der Waals surface area (Å²) in [4.78, 5) is 23.9. The van der Waals surface area contributed by atoms with E-state index in [0.29, 0.717) is 13.0 Å². The van der Waals surface area contributed by atoms with Gasteiger partial charge in [0.05, 0.1) is 30.1 Å². The number of amides is 1. The summed E-state index contributed by atoms with van der Waals surface area (Å²) in [5, 5.41) is 0.750. The number of fused-ring (bicyclic) bond motifs is 1. The Hall–Kier alpha value is -2.90. The molecule has 4 rings (SSSR count). The summed E-state index contributed by atoms with van der Waals surface area (Å²) >= 11 is 1.57. The van der Waals surface area contributed by atoms with E-state index in [1.54, 1.807) is 31.0 Å². The predicted molar refractivity (Wildman–Crippen MR) is 128 cm³/mol. The van der Waals surface area contributed by atoms with Crippen molar-refractivity contribution < 1.29 is 9.53 Å². The van der Waals surface area contributed by atoms with Crippen LogP contribution in [0.5, 0.6) is 5.75 Å². The number of rotatable bonds is 8. The molecule has 0 aliphatic carbocycles. The normalized spacial score (nSPS) is 10.6. The molecule has 4 aromatic rings. The number of thiazole rings is 1. The topological polar surface area (TPSA) is 60.2 Å². The van der Waals surface area contributed by atoms with Crippen LogP contribution >= 0.6 is 23.7 Å². The zero-order valence-corrected chi connectivity index (χ0v) is 19.2. The smallest absolute Gasteiger partial charge is 0.233 e. The third kappa shape index (κ3) is 5.62. The fraction of sp³-hybridized carbons (Fsp3) is 0.261. The van der Waals surface area contributed by atoms with Crippen molar-refractivity contribution in [3.8, 4) is 5.75 Å². The molecule has 162 valence electrons. The second kappa shape index (κ2) is 10.4. The third-order valence-corrected chi connectivity index (χ3v) is 5.98. The SMILES string of the molecule is COc1ccc(CC(=O)N(CCCn2ccnc2)c2nc3ccc(C)cc3s2)cc1.Cl. The van der Waals surface area contributed by atoms with E-state index in [2.05, 4.69) is 18.0 Å². The van der Waals surface area contributed by atoms with Gasteiger partial charge in [0.25, 0.3) is 0 Å². The lowest BCUT2D eigenvalue weighted by Crippen LogP contribution is -2.33. The summed E-state index contributed by atoms with van der Waals surface area (Å²) < 4.78 is 8.33. The van der Waals surface area contributed by atoms with E-state index in [1.807, 2.05) is 52.1 Å². The Morgan fingerprint density at radius 3 is 2.71 bits per heavy atom. The van der Waals surface area contributed by atoms with Crippen LogP contribution in [0.4, 0.5) is 5.13 Å². The van der Waals surface area contributed by atoms with Gasteiger partial charge in [-0.15, -0.1) is 12.4 Å². The molecule has 0 aliphatic heterocycles. The van der Waals surface area contributed by atoms with Gasteiger partial charge in [0.1, 0.15) is 5.75 Å². The van der Waals surface area contributed by atoms with Gasteiger partial charge in [0, 0.05) is 25.5 Å². The molecule has 0 unspecified atom stereocenters. The van der Waals surface area contributed by atoms with Gasteiger partial charge in [0.15, 0.2) is 5.13 Å². The van der Waals surface area contributed by atoms with Crippen molar-refractivity contribution in [2.45, 2.75) is 26.3 Å². The molecule has 0 N–H and O–H groups in total. The molecule has 0 bridgehead atoms. The number of methoxy groups -OCH3 is 1. The second-order valence-electron chi connectivity index (χ2n) is 7.19. The number of carbonyl (C=O) groups is 1. The van der Waals surface area contributed by atoms with Crippen molar-refractivity contribution in [3.63, 3.8) is 0 Å². The molecule has 0 spiro atoms. The van der Waals surface area contributed by atoms with E-state index in [0.717, 1.165) is 39.6 Å². The first kappa shape index (κ1) is 22.8. The van der Waals surface area contributed by atoms with Gasteiger partial charge in [-0.2, -0.15) is 0 Å². The lowest BCUT2D eigenvalue weighted by molar-refractivity contribution is -0.118. The molecule has 0 atom stereocenters. The highest BCUT2D eigenvalue weighted by atomic mass is 35.5. The number of ether oxygens (including phenoxy) is 1. The number of hydrogen-bond donors (Lipinski definition) is 0. The molecule has 2 aromatic heterocycles. The van der Waals surface area contributed by atoms with Crippen LogP contribution in [0.2, 0.25) is 0 Å². The molecule has 0 saturated heterocycles. The van der Waals surface area contributed by atoms with E-state index in [4.69, 9.17) is 9.72 Å². The van der Waals surface area contributed by atoms with E-state index in [1.165, 1.54) is 5.56 Å². The minimum atomic E-state index is 0. The Bertz CT molecular complexity index is 1130. The Labute approximate surface area is 191 Å². The van der Waals surface area contributed by atoms with Crippen LogP contribution in [0, 0.1) is 6.92 Å². The number of halogens is 1.